The largest absolute Gasteiger partial charge is 0.370 e. The van der Waals surface area contributed by atoms with Gasteiger partial charge in [0, 0.05) is 13.0 Å². The van der Waals surface area contributed by atoms with E-state index in [0.717, 1.165) is 12.8 Å². The topological polar surface area (TPSA) is 26.3 Å². The number of benzene rings is 1. The first kappa shape index (κ1) is 14.9. The predicted molar refractivity (Wildman–Crippen MR) is 74.6 cm³/mol. The van der Waals surface area contributed by atoms with E-state index in [1.165, 1.54) is 5.56 Å². The molecule has 2 nitrogen and oxygen atoms in total. The Hall–Kier alpha value is -1.15. The zero-order chi connectivity index (χ0) is 13.4. The number of hydrogen-bond donors (Lipinski definition) is 0. The Bertz CT molecular complexity index is 343. The standard InChI is InChI=1S/C16H24O2/c1-4-18-16(13(2)3)15(17)12-8-11-14-9-6-5-7-10-14/h5-7,9-10,13,16H,4,8,11-12H2,1-3H3. The molecular weight excluding hydrogens is 224 g/mol. The lowest BCUT2D eigenvalue weighted by Gasteiger charge is -2.19. The van der Waals surface area contributed by atoms with Gasteiger partial charge in [-0.15, -0.1) is 0 Å². The molecule has 0 aliphatic rings. The van der Waals surface area contributed by atoms with Gasteiger partial charge >= 0.3 is 0 Å². The maximum absolute atomic E-state index is 12.0. The molecule has 0 aliphatic carbocycles. The molecule has 2 heteroatoms. The highest BCUT2D eigenvalue weighted by Gasteiger charge is 2.21. The molecule has 1 rings (SSSR count). The third-order valence-corrected chi connectivity index (χ3v) is 3.00. The number of ketones is 1. The molecule has 18 heavy (non-hydrogen) atoms. The van der Waals surface area contributed by atoms with Crippen molar-refractivity contribution < 1.29 is 9.53 Å². The van der Waals surface area contributed by atoms with Gasteiger partial charge in [-0.25, -0.2) is 0 Å². The van der Waals surface area contributed by atoms with E-state index in [2.05, 4.69) is 12.1 Å². The molecular formula is C16H24O2. The van der Waals surface area contributed by atoms with Gasteiger partial charge < -0.3 is 4.74 Å². The van der Waals surface area contributed by atoms with Gasteiger partial charge in [-0.3, -0.25) is 4.79 Å². The third kappa shape index (κ3) is 5.01. The Morgan fingerprint density at radius 3 is 2.44 bits per heavy atom. The van der Waals surface area contributed by atoms with Crippen molar-refractivity contribution in [3.8, 4) is 0 Å². The summed E-state index contributed by atoms with van der Waals surface area (Å²) < 4.78 is 5.52. The Kier molecular flexibility index (Phi) is 6.66. The fourth-order valence-electron chi connectivity index (χ4n) is 2.09. The molecule has 1 unspecified atom stereocenters. The van der Waals surface area contributed by atoms with Gasteiger partial charge in [0.2, 0.25) is 0 Å². The van der Waals surface area contributed by atoms with E-state index in [1.54, 1.807) is 0 Å². The smallest absolute Gasteiger partial charge is 0.161 e. The maximum Gasteiger partial charge on any atom is 0.161 e. The molecule has 1 atom stereocenters. The molecule has 0 saturated heterocycles. The second kappa shape index (κ2) is 8.04. The molecule has 0 saturated carbocycles. The van der Waals surface area contributed by atoms with Crippen molar-refractivity contribution in [2.24, 2.45) is 5.92 Å². The Balaban J connectivity index is 2.36. The summed E-state index contributed by atoms with van der Waals surface area (Å²) in [5.74, 6) is 0.497. The fourth-order valence-corrected chi connectivity index (χ4v) is 2.09. The lowest BCUT2D eigenvalue weighted by Crippen LogP contribution is -2.29. The molecule has 0 fully saturated rings. The number of rotatable bonds is 8. The number of carbonyl (C=O) groups excluding carboxylic acids is 1. The van der Waals surface area contributed by atoms with Crippen LogP contribution in [0.5, 0.6) is 0 Å². The molecule has 0 radical (unpaired) electrons. The zero-order valence-electron chi connectivity index (χ0n) is 11.7. The second-order valence-electron chi connectivity index (χ2n) is 4.93. The third-order valence-electron chi connectivity index (χ3n) is 3.00. The summed E-state index contributed by atoms with van der Waals surface area (Å²) in [6.45, 7) is 6.62. The van der Waals surface area contributed by atoms with Crippen molar-refractivity contribution in [1.82, 2.24) is 0 Å². The van der Waals surface area contributed by atoms with Crippen LogP contribution in [-0.2, 0) is 16.0 Å². The number of aryl methyl sites for hydroxylation is 1. The van der Waals surface area contributed by atoms with Gasteiger partial charge in [-0.1, -0.05) is 44.2 Å². The van der Waals surface area contributed by atoms with Crippen LogP contribution in [0.3, 0.4) is 0 Å². The van der Waals surface area contributed by atoms with E-state index in [1.807, 2.05) is 39.0 Å². The average Bonchev–Trinajstić information content (AvgIpc) is 2.36. The van der Waals surface area contributed by atoms with E-state index in [9.17, 15) is 4.79 Å². The first-order valence-electron chi connectivity index (χ1n) is 6.83. The minimum absolute atomic E-state index is 0.231. The molecule has 1 aromatic carbocycles. The fraction of sp³-hybridized carbons (Fsp3) is 0.562. The van der Waals surface area contributed by atoms with E-state index < -0.39 is 0 Å². The molecule has 0 amide bonds. The van der Waals surface area contributed by atoms with Crippen LogP contribution in [0.2, 0.25) is 0 Å². The van der Waals surface area contributed by atoms with E-state index in [4.69, 9.17) is 4.74 Å². The number of carbonyl (C=O) groups is 1. The molecule has 0 N–H and O–H groups in total. The van der Waals surface area contributed by atoms with Crippen LogP contribution in [-0.4, -0.2) is 18.5 Å². The number of hydrogen-bond acceptors (Lipinski definition) is 2. The molecule has 0 aromatic heterocycles. The molecule has 0 heterocycles. The monoisotopic (exact) mass is 248 g/mol. The van der Waals surface area contributed by atoms with Crippen molar-refractivity contribution in [2.75, 3.05) is 6.61 Å². The Morgan fingerprint density at radius 1 is 1.22 bits per heavy atom. The van der Waals surface area contributed by atoms with Gasteiger partial charge in [0.1, 0.15) is 6.10 Å². The molecule has 0 bridgehead atoms. The molecule has 0 spiro atoms. The van der Waals surface area contributed by atoms with Gasteiger partial charge in [0.25, 0.3) is 0 Å². The van der Waals surface area contributed by atoms with Crippen molar-refractivity contribution in [1.29, 1.82) is 0 Å². The Morgan fingerprint density at radius 2 is 1.89 bits per heavy atom. The lowest BCUT2D eigenvalue weighted by atomic mass is 9.98. The highest BCUT2D eigenvalue weighted by Crippen LogP contribution is 2.12. The highest BCUT2D eigenvalue weighted by atomic mass is 16.5. The summed E-state index contributed by atoms with van der Waals surface area (Å²) in [6, 6.07) is 10.3. The zero-order valence-corrected chi connectivity index (χ0v) is 11.7. The van der Waals surface area contributed by atoms with Gasteiger partial charge in [-0.2, -0.15) is 0 Å². The summed E-state index contributed by atoms with van der Waals surface area (Å²) in [7, 11) is 0. The Labute approximate surface area is 110 Å². The van der Waals surface area contributed by atoms with Crippen molar-refractivity contribution in [3.05, 3.63) is 35.9 Å². The summed E-state index contributed by atoms with van der Waals surface area (Å²) in [4.78, 5) is 12.0. The first-order valence-corrected chi connectivity index (χ1v) is 6.83. The SMILES string of the molecule is CCOC(C(=O)CCCc1ccccc1)C(C)C. The maximum atomic E-state index is 12.0. The van der Waals surface area contributed by atoms with E-state index in [-0.39, 0.29) is 17.8 Å². The number of Topliss-reactive ketones (excluding diaryl/α,β-unsaturated/α-hetero) is 1. The highest BCUT2D eigenvalue weighted by molar-refractivity contribution is 5.83. The van der Waals surface area contributed by atoms with Crippen molar-refractivity contribution >= 4 is 5.78 Å². The predicted octanol–water partition coefficient (Wildman–Crippen LogP) is 3.64. The van der Waals surface area contributed by atoms with Crippen LogP contribution in [0.15, 0.2) is 30.3 Å². The summed E-state index contributed by atoms with van der Waals surface area (Å²) in [5, 5.41) is 0. The summed E-state index contributed by atoms with van der Waals surface area (Å²) >= 11 is 0. The number of ether oxygens (including phenoxy) is 1. The molecule has 0 aliphatic heterocycles. The van der Waals surface area contributed by atoms with Crippen LogP contribution < -0.4 is 0 Å². The van der Waals surface area contributed by atoms with Crippen LogP contribution >= 0.6 is 0 Å². The second-order valence-corrected chi connectivity index (χ2v) is 4.93. The normalized spacial score (nSPS) is 12.7. The van der Waals surface area contributed by atoms with Crippen LogP contribution in [0.1, 0.15) is 39.2 Å². The van der Waals surface area contributed by atoms with Crippen LogP contribution in [0.4, 0.5) is 0 Å². The van der Waals surface area contributed by atoms with Crippen LogP contribution in [0.25, 0.3) is 0 Å². The van der Waals surface area contributed by atoms with Gasteiger partial charge in [0.05, 0.1) is 0 Å². The first-order chi connectivity index (χ1) is 8.65. The quantitative estimate of drug-likeness (QED) is 0.702. The summed E-state index contributed by atoms with van der Waals surface area (Å²) in [6.07, 6.45) is 2.24. The average molecular weight is 248 g/mol. The van der Waals surface area contributed by atoms with Crippen molar-refractivity contribution in [3.63, 3.8) is 0 Å². The minimum atomic E-state index is -0.231. The lowest BCUT2D eigenvalue weighted by molar-refractivity contribution is -0.133. The molecule has 100 valence electrons. The molecule has 1 aromatic rings. The minimum Gasteiger partial charge on any atom is -0.370 e. The van der Waals surface area contributed by atoms with E-state index in [0.29, 0.717) is 13.0 Å². The van der Waals surface area contributed by atoms with E-state index >= 15 is 0 Å². The van der Waals surface area contributed by atoms with Crippen molar-refractivity contribution in [2.45, 2.75) is 46.1 Å². The van der Waals surface area contributed by atoms with Gasteiger partial charge in [0.15, 0.2) is 5.78 Å². The van der Waals surface area contributed by atoms with Gasteiger partial charge in [-0.05, 0) is 31.2 Å². The summed E-state index contributed by atoms with van der Waals surface area (Å²) in [5.41, 5.74) is 1.29. The van der Waals surface area contributed by atoms with Crippen LogP contribution in [0, 0.1) is 5.92 Å².